The molecule has 16 rings (SSSR count). The van der Waals surface area contributed by atoms with E-state index < -0.39 is 15.6 Å². The SMILES string of the molecule is CCC(C)c1c[c-]c(-c2ccccn2)cc1.CCC(C)c1c[c-]c(-c2ccccn2)cc1.CCC(C)c1c[c-]c(-c2ccccn2)cc1.CO.CO.Cc1ccc2c(n1)oc1c(-c3cc(-c4ccc(F)cc4)ccn3)[c-]ccc12.Cc1ccc2c(n1)oc1c(-c3cc(-c4ccc(F)cc4)ccn3)cccc12.O=S(=O)(O)C(F)(F)F.[Ir].[Ir]. The molecule has 116 heavy (non-hydrogen) atoms. The van der Waals surface area contributed by atoms with Gasteiger partial charge >= 0.3 is 15.6 Å². The number of benzene rings is 7. The first-order chi connectivity index (χ1) is 55.0. The number of aryl methyl sites for hydroxylation is 2. The standard InChI is InChI=1S/C23H15FN2O.C23H14FN2O.3C15H16N.CHF3O3S.2CH4O.2Ir/c2*1-14-5-10-19-18-3-2-4-20(22(18)27-23(19)26-14)21-13-16(11-12-25-21)15-6-8-17(24)9-7-15;3*1-3-12(2)13-7-9-14(10-8-13)15-6-4-5-11-16-15;2-1(3,4)8(5,6)7;2*1-2;;/h2-13H,1H3;2-3,5-13H,1H3;3*4-9,11-12H,3H2,1-2H3;(H,5,6,7);2*2H,1H3;;/q;4*-1;;;;;. The number of halogens is 5. The molecule has 7 aromatic carbocycles. The molecule has 22 heteroatoms. The number of aliphatic hydroxyl groups excluding tert-OH is 2. The molecular weight excluding hydrogens is 1850 g/mol. The molecule has 0 aliphatic rings. The molecule has 0 amide bonds. The van der Waals surface area contributed by atoms with Gasteiger partial charge in [0.25, 0.3) is 0 Å². The van der Waals surface area contributed by atoms with E-state index in [9.17, 15) is 22.0 Å². The Morgan fingerprint density at radius 2 is 0.776 bits per heavy atom. The van der Waals surface area contributed by atoms with Crippen molar-refractivity contribution >= 4 is 54.3 Å². The van der Waals surface area contributed by atoms with E-state index in [-0.39, 0.29) is 51.8 Å². The molecule has 9 heterocycles. The van der Waals surface area contributed by atoms with Crippen molar-refractivity contribution in [3.05, 3.63) is 332 Å². The fourth-order valence-electron chi connectivity index (χ4n) is 11.6. The summed E-state index contributed by atoms with van der Waals surface area (Å²) in [6.45, 7) is 17.2. The summed E-state index contributed by atoms with van der Waals surface area (Å²) in [5.41, 5.74) is 16.2. The monoisotopic (exact) mass is 1940 g/mol. The number of pyridine rings is 7. The fraction of sp³-hybridized carbons (Fsp3) is 0.181. The van der Waals surface area contributed by atoms with Crippen LogP contribution >= 0.6 is 0 Å². The van der Waals surface area contributed by atoms with E-state index in [2.05, 4.69) is 155 Å². The summed E-state index contributed by atoms with van der Waals surface area (Å²) in [7, 11) is -3.84. The largest absolute Gasteiger partial charge is 0.522 e. The quantitative estimate of drug-likeness (QED) is 0.0424. The summed E-state index contributed by atoms with van der Waals surface area (Å²) in [5.74, 6) is 1.32. The van der Waals surface area contributed by atoms with Crippen molar-refractivity contribution in [1.29, 1.82) is 0 Å². The number of furan rings is 2. The van der Waals surface area contributed by atoms with E-state index >= 15 is 0 Å². The average Bonchev–Trinajstić information content (AvgIpc) is 1.58. The van der Waals surface area contributed by atoms with Gasteiger partial charge in [-0.15, -0.1) is 124 Å². The molecule has 0 aliphatic heterocycles. The van der Waals surface area contributed by atoms with Crippen LogP contribution in [0.2, 0.25) is 0 Å². The van der Waals surface area contributed by atoms with Gasteiger partial charge in [-0.05, 0) is 150 Å². The van der Waals surface area contributed by atoms with Crippen LogP contribution in [0, 0.1) is 49.7 Å². The Morgan fingerprint density at radius 3 is 1.14 bits per heavy atom. The number of aromatic nitrogens is 7. The van der Waals surface area contributed by atoms with Crippen LogP contribution < -0.4 is 0 Å². The number of rotatable bonds is 13. The van der Waals surface area contributed by atoms with Gasteiger partial charge in [0.2, 0.25) is 11.4 Å². The molecule has 0 fully saturated rings. The summed E-state index contributed by atoms with van der Waals surface area (Å²) in [6, 6.07) is 88.6. The van der Waals surface area contributed by atoms with Crippen molar-refractivity contribution in [1.82, 2.24) is 34.9 Å². The molecule has 16 aromatic rings. The zero-order valence-corrected chi connectivity index (χ0v) is 70.9. The van der Waals surface area contributed by atoms with Crippen LogP contribution in [0.5, 0.6) is 0 Å². The van der Waals surface area contributed by atoms with Crippen LogP contribution in [0.15, 0.2) is 276 Å². The van der Waals surface area contributed by atoms with Crippen molar-refractivity contribution in [3.8, 4) is 78.5 Å². The first-order valence-electron chi connectivity index (χ1n) is 36.7. The van der Waals surface area contributed by atoms with Crippen molar-refractivity contribution in [2.24, 2.45) is 0 Å². The Balaban J connectivity index is 0.000000197. The zero-order valence-electron chi connectivity index (χ0n) is 65.3. The smallest absolute Gasteiger partial charge is 0.486 e. The van der Waals surface area contributed by atoms with Crippen LogP contribution in [-0.4, -0.2) is 77.8 Å². The van der Waals surface area contributed by atoms with Crippen molar-refractivity contribution < 1.29 is 94.2 Å². The number of para-hydroxylation sites is 1. The predicted molar refractivity (Wildman–Crippen MR) is 444 cm³/mol. The normalized spacial score (nSPS) is 11.5. The van der Waals surface area contributed by atoms with E-state index in [0.717, 1.165) is 151 Å². The molecule has 602 valence electrons. The van der Waals surface area contributed by atoms with Crippen molar-refractivity contribution in [3.63, 3.8) is 0 Å². The number of alkyl halides is 3. The van der Waals surface area contributed by atoms with Crippen LogP contribution in [0.4, 0.5) is 22.0 Å². The van der Waals surface area contributed by atoms with Gasteiger partial charge in [0.1, 0.15) is 17.2 Å². The first-order valence-corrected chi connectivity index (χ1v) is 38.2. The molecule has 2 radical (unpaired) electrons. The first kappa shape index (κ1) is 92.1. The second kappa shape index (κ2) is 44.7. The van der Waals surface area contributed by atoms with Crippen LogP contribution in [0.1, 0.15) is 107 Å². The van der Waals surface area contributed by atoms with Gasteiger partial charge in [0.05, 0.1) is 11.3 Å². The summed E-state index contributed by atoms with van der Waals surface area (Å²) in [4.78, 5) is 31.0. The molecule has 0 bridgehead atoms. The Labute approximate surface area is 700 Å². The minimum Gasteiger partial charge on any atom is -0.486 e. The fourth-order valence-corrected chi connectivity index (χ4v) is 11.6. The topological polar surface area (TPSA) is 211 Å². The molecule has 3 N–H and O–H groups in total. The van der Waals surface area contributed by atoms with E-state index in [0.29, 0.717) is 34.8 Å². The Kier molecular flexibility index (Phi) is 35.5. The van der Waals surface area contributed by atoms with Gasteiger partial charge in [-0.2, -0.15) is 21.6 Å². The minimum absolute atomic E-state index is 0. The zero-order chi connectivity index (χ0) is 81.9. The molecule has 9 aromatic heterocycles. The third-order valence-corrected chi connectivity index (χ3v) is 19.1. The minimum atomic E-state index is -5.84. The van der Waals surface area contributed by atoms with Crippen LogP contribution in [0.25, 0.3) is 123 Å². The van der Waals surface area contributed by atoms with Crippen molar-refractivity contribution in [2.75, 3.05) is 14.2 Å². The van der Waals surface area contributed by atoms with Crippen LogP contribution in [-0.2, 0) is 50.3 Å². The third-order valence-electron chi connectivity index (χ3n) is 18.5. The summed E-state index contributed by atoms with van der Waals surface area (Å²) in [6.07, 6.45) is 12.4. The van der Waals surface area contributed by atoms with Gasteiger partial charge < -0.3 is 39.0 Å². The second-order valence-corrected chi connectivity index (χ2v) is 27.5. The third kappa shape index (κ3) is 24.8. The maximum atomic E-state index is 13.2. The molecular formula is C94H86F5Ir2N7O7S-4. The second-order valence-electron chi connectivity index (χ2n) is 26.1. The molecule has 0 spiro atoms. The number of hydrogen-bond acceptors (Lipinski definition) is 13. The number of hydrogen-bond donors (Lipinski definition) is 3. The van der Waals surface area contributed by atoms with Crippen molar-refractivity contribution in [2.45, 2.75) is 97.9 Å². The van der Waals surface area contributed by atoms with Gasteiger partial charge in [-0.1, -0.05) is 168 Å². The summed E-state index contributed by atoms with van der Waals surface area (Å²) >= 11 is 0. The van der Waals surface area contributed by atoms with E-state index in [4.69, 9.17) is 32.0 Å². The van der Waals surface area contributed by atoms with Crippen LogP contribution in [0.3, 0.4) is 0 Å². The Bertz CT molecular complexity index is 5390. The number of fused-ring (bicyclic) bond motifs is 6. The number of nitrogens with zero attached hydrogens (tertiary/aromatic N) is 7. The Hall–Kier alpha value is -11.0. The predicted octanol–water partition coefficient (Wildman–Crippen LogP) is 23.9. The van der Waals surface area contributed by atoms with Gasteiger partial charge in [0.15, 0.2) is 0 Å². The molecule has 0 saturated carbocycles. The molecule has 3 unspecified atom stereocenters. The molecule has 0 saturated heterocycles. The average molecular weight is 1940 g/mol. The summed E-state index contributed by atoms with van der Waals surface area (Å²) in [5, 5.41) is 18.0. The maximum absolute atomic E-state index is 13.2. The molecule has 0 aliphatic carbocycles. The van der Waals surface area contributed by atoms with Gasteiger partial charge in [0, 0.05) is 119 Å². The maximum Gasteiger partial charge on any atom is 0.522 e. The Morgan fingerprint density at radius 1 is 0.405 bits per heavy atom. The molecule has 3 atom stereocenters. The van der Waals surface area contributed by atoms with Gasteiger partial charge in [-0.25, -0.2) is 18.7 Å². The van der Waals surface area contributed by atoms with Gasteiger partial charge in [-0.3, -0.25) is 9.54 Å². The van der Waals surface area contributed by atoms with E-state index in [1.807, 2.05) is 166 Å². The number of aliphatic hydroxyl groups is 2. The van der Waals surface area contributed by atoms with E-state index in [1.54, 1.807) is 36.7 Å². The molecule has 14 nitrogen and oxygen atoms in total. The van der Waals surface area contributed by atoms with E-state index in [1.165, 1.54) is 41.0 Å². The summed E-state index contributed by atoms with van der Waals surface area (Å²) < 4.78 is 96.1.